The molecular weight excluding hydrogens is 360 g/mol. The molecule has 7 nitrogen and oxygen atoms in total. The van der Waals surface area contributed by atoms with Crippen molar-refractivity contribution in [2.24, 2.45) is 0 Å². The van der Waals surface area contributed by atoms with Gasteiger partial charge >= 0.3 is 0 Å². The standard InChI is InChI=1S/C21H24N2O5/c1-2-3-10-26-16-5-4-6-17(13-16)27-11-9-22-21(25)15-7-8-19-18(12-15)23-20(24)14-28-19/h4-8,12-13H,2-3,9-11,14H2,1H3,(H,22,25)(H,23,24). The van der Waals surface area contributed by atoms with Gasteiger partial charge in [-0.05, 0) is 36.8 Å². The number of carbonyl (C=O) groups excluding carboxylic acids is 2. The fraction of sp³-hybridized carbons (Fsp3) is 0.333. The van der Waals surface area contributed by atoms with Gasteiger partial charge in [-0.2, -0.15) is 0 Å². The number of carbonyl (C=O) groups is 2. The number of unbranched alkanes of at least 4 members (excludes halogenated alkanes) is 1. The lowest BCUT2D eigenvalue weighted by Crippen LogP contribution is -2.29. The Morgan fingerprint density at radius 2 is 1.93 bits per heavy atom. The Kier molecular flexibility index (Phi) is 6.73. The van der Waals surface area contributed by atoms with Crippen LogP contribution in [-0.2, 0) is 4.79 Å². The Labute approximate surface area is 164 Å². The van der Waals surface area contributed by atoms with Crippen molar-refractivity contribution in [3.63, 3.8) is 0 Å². The van der Waals surface area contributed by atoms with E-state index in [1.54, 1.807) is 18.2 Å². The largest absolute Gasteiger partial charge is 0.493 e. The van der Waals surface area contributed by atoms with Crippen molar-refractivity contribution < 1.29 is 23.8 Å². The van der Waals surface area contributed by atoms with Crippen molar-refractivity contribution in [2.45, 2.75) is 19.8 Å². The van der Waals surface area contributed by atoms with Crippen LogP contribution in [0.25, 0.3) is 0 Å². The quantitative estimate of drug-likeness (QED) is 0.649. The van der Waals surface area contributed by atoms with Crippen LogP contribution < -0.4 is 24.8 Å². The molecule has 0 aromatic heterocycles. The van der Waals surface area contributed by atoms with Crippen molar-refractivity contribution in [1.82, 2.24) is 5.32 Å². The molecule has 0 fully saturated rings. The zero-order chi connectivity index (χ0) is 19.8. The van der Waals surface area contributed by atoms with Gasteiger partial charge in [-0.3, -0.25) is 9.59 Å². The Balaban J connectivity index is 1.45. The van der Waals surface area contributed by atoms with E-state index in [9.17, 15) is 9.59 Å². The lowest BCUT2D eigenvalue weighted by Gasteiger charge is -2.18. The molecule has 0 spiro atoms. The maximum Gasteiger partial charge on any atom is 0.262 e. The zero-order valence-corrected chi connectivity index (χ0v) is 15.8. The summed E-state index contributed by atoms with van der Waals surface area (Å²) in [5, 5.41) is 5.48. The fourth-order valence-electron chi connectivity index (χ4n) is 2.65. The molecule has 0 bridgehead atoms. The van der Waals surface area contributed by atoms with Crippen LogP contribution in [-0.4, -0.2) is 38.2 Å². The maximum absolute atomic E-state index is 12.3. The third kappa shape index (κ3) is 5.39. The number of fused-ring (bicyclic) bond motifs is 1. The molecule has 2 amide bonds. The van der Waals surface area contributed by atoms with Crippen molar-refractivity contribution >= 4 is 17.5 Å². The molecule has 0 unspecified atom stereocenters. The van der Waals surface area contributed by atoms with Gasteiger partial charge < -0.3 is 24.8 Å². The molecule has 0 saturated heterocycles. The SMILES string of the molecule is CCCCOc1cccc(OCCNC(=O)c2ccc3c(c2)NC(=O)CO3)c1. The summed E-state index contributed by atoms with van der Waals surface area (Å²) in [5.41, 5.74) is 0.941. The summed E-state index contributed by atoms with van der Waals surface area (Å²) in [6.07, 6.45) is 2.09. The van der Waals surface area contributed by atoms with Gasteiger partial charge in [-0.1, -0.05) is 19.4 Å². The van der Waals surface area contributed by atoms with Gasteiger partial charge in [0.25, 0.3) is 11.8 Å². The third-order valence-electron chi connectivity index (χ3n) is 4.10. The molecule has 0 atom stereocenters. The number of hydrogen-bond donors (Lipinski definition) is 2. The first kappa shape index (κ1) is 19.5. The molecule has 2 aromatic rings. The van der Waals surface area contributed by atoms with Crippen molar-refractivity contribution in [1.29, 1.82) is 0 Å². The fourth-order valence-corrected chi connectivity index (χ4v) is 2.65. The van der Waals surface area contributed by atoms with Crippen molar-refractivity contribution in [3.05, 3.63) is 48.0 Å². The number of amides is 2. The van der Waals surface area contributed by atoms with E-state index in [1.165, 1.54) is 0 Å². The predicted octanol–water partition coefficient (Wildman–Crippen LogP) is 3.01. The summed E-state index contributed by atoms with van der Waals surface area (Å²) in [7, 11) is 0. The van der Waals surface area contributed by atoms with Gasteiger partial charge in [0.1, 0.15) is 23.9 Å². The number of benzene rings is 2. The average Bonchev–Trinajstić information content (AvgIpc) is 2.71. The van der Waals surface area contributed by atoms with E-state index in [4.69, 9.17) is 14.2 Å². The number of ether oxygens (including phenoxy) is 3. The van der Waals surface area contributed by atoms with Gasteiger partial charge in [0, 0.05) is 11.6 Å². The maximum atomic E-state index is 12.3. The van der Waals surface area contributed by atoms with Crippen molar-refractivity contribution in [3.8, 4) is 17.2 Å². The first-order chi connectivity index (χ1) is 13.7. The van der Waals surface area contributed by atoms with Crippen LogP contribution in [0.15, 0.2) is 42.5 Å². The minimum absolute atomic E-state index is 0.0132. The highest BCUT2D eigenvalue weighted by Crippen LogP contribution is 2.28. The summed E-state index contributed by atoms with van der Waals surface area (Å²) >= 11 is 0. The Bertz CT molecular complexity index is 837. The van der Waals surface area contributed by atoms with Crippen LogP contribution in [0.1, 0.15) is 30.1 Å². The van der Waals surface area contributed by atoms with E-state index < -0.39 is 0 Å². The van der Waals surface area contributed by atoms with Crippen LogP contribution in [0.2, 0.25) is 0 Å². The van der Waals surface area contributed by atoms with E-state index >= 15 is 0 Å². The van der Waals surface area contributed by atoms with Gasteiger partial charge in [0.2, 0.25) is 0 Å². The molecule has 0 radical (unpaired) electrons. The monoisotopic (exact) mass is 384 g/mol. The van der Waals surface area contributed by atoms with Gasteiger partial charge in [-0.15, -0.1) is 0 Å². The molecule has 0 aliphatic carbocycles. The van der Waals surface area contributed by atoms with E-state index in [-0.39, 0.29) is 18.4 Å². The molecule has 28 heavy (non-hydrogen) atoms. The second-order valence-electron chi connectivity index (χ2n) is 6.33. The molecule has 1 aliphatic heterocycles. The number of hydrogen-bond acceptors (Lipinski definition) is 5. The molecule has 2 N–H and O–H groups in total. The predicted molar refractivity (Wildman–Crippen MR) is 105 cm³/mol. The summed E-state index contributed by atoms with van der Waals surface area (Å²) in [6.45, 7) is 3.46. The molecule has 2 aromatic carbocycles. The molecule has 148 valence electrons. The summed E-state index contributed by atoms with van der Waals surface area (Å²) in [4.78, 5) is 23.7. The van der Waals surface area contributed by atoms with Crippen LogP contribution in [0, 0.1) is 0 Å². The highest BCUT2D eigenvalue weighted by Gasteiger charge is 2.17. The topological polar surface area (TPSA) is 85.9 Å². The van der Waals surface area contributed by atoms with E-state index in [0.29, 0.717) is 42.5 Å². The van der Waals surface area contributed by atoms with E-state index in [2.05, 4.69) is 17.6 Å². The average molecular weight is 384 g/mol. The minimum atomic E-state index is -0.247. The summed E-state index contributed by atoms with van der Waals surface area (Å²) in [5.74, 6) is 1.54. The van der Waals surface area contributed by atoms with Crippen molar-refractivity contribution in [2.75, 3.05) is 31.7 Å². The van der Waals surface area contributed by atoms with E-state index in [0.717, 1.165) is 18.6 Å². The molecule has 0 saturated carbocycles. The first-order valence-electron chi connectivity index (χ1n) is 9.36. The number of anilines is 1. The van der Waals surface area contributed by atoms with Gasteiger partial charge in [0.05, 0.1) is 18.8 Å². The van der Waals surface area contributed by atoms with Crippen LogP contribution in [0.5, 0.6) is 17.2 Å². The number of nitrogens with one attached hydrogen (secondary N) is 2. The first-order valence-corrected chi connectivity index (χ1v) is 9.36. The smallest absolute Gasteiger partial charge is 0.262 e. The molecule has 1 aliphatic rings. The molecule has 7 heteroatoms. The lowest BCUT2D eigenvalue weighted by atomic mass is 10.1. The Morgan fingerprint density at radius 3 is 2.71 bits per heavy atom. The number of rotatable bonds is 9. The normalized spacial score (nSPS) is 12.4. The summed E-state index contributed by atoms with van der Waals surface area (Å²) < 4.78 is 16.6. The highest BCUT2D eigenvalue weighted by atomic mass is 16.5. The van der Waals surface area contributed by atoms with Crippen LogP contribution in [0.4, 0.5) is 5.69 Å². The van der Waals surface area contributed by atoms with Gasteiger partial charge in [-0.25, -0.2) is 0 Å². The Morgan fingerprint density at radius 1 is 1.14 bits per heavy atom. The zero-order valence-electron chi connectivity index (χ0n) is 15.8. The highest BCUT2D eigenvalue weighted by molar-refractivity contribution is 5.99. The Hall–Kier alpha value is -3.22. The van der Waals surface area contributed by atoms with Gasteiger partial charge in [0.15, 0.2) is 6.61 Å². The summed E-state index contributed by atoms with van der Waals surface area (Å²) in [6, 6.07) is 12.4. The molecular formula is C21H24N2O5. The van der Waals surface area contributed by atoms with Crippen LogP contribution in [0.3, 0.4) is 0 Å². The van der Waals surface area contributed by atoms with E-state index in [1.807, 2.05) is 24.3 Å². The second kappa shape index (κ2) is 9.64. The third-order valence-corrected chi connectivity index (χ3v) is 4.10. The second-order valence-corrected chi connectivity index (χ2v) is 6.33. The molecule has 3 rings (SSSR count). The van der Waals surface area contributed by atoms with Crippen LogP contribution >= 0.6 is 0 Å². The minimum Gasteiger partial charge on any atom is -0.493 e. The lowest BCUT2D eigenvalue weighted by molar-refractivity contribution is -0.118. The molecule has 1 heterocycles.